The summed E-state index contributed by atoms with van der Waals surface area (Å²) < 4.78 is 27.0. The molecule has 1 saturated carbocycles. The second-order valence-electron chi connectivity index (χ2n) is 5.58. The smallest absolute Gasteiger partial charge is 0.212 e. The fourth-order valence-corrected chi connectivity index (χ4v) is 4.97. The quantitative estimate of drug-likeness (QED) is 0.763. The standard InChI is InChI=1S/C12H24BrNO2S/c1-11(2)6-9-17(15,16)14-12(10-13)7-4-3-5-8-12/h11,14H,3-10H2,1-2H3. The molecule has 1 aliphatic rings. The number of alkyl halides is 1. The van der Waals surface area contributed by atoms with Crippen LogP contribution in [-0.2, 0) is 10.0 Å². The van der Waals surface area contributed by atoms with E-state index in [1.807, 2.05) is 0 Å². The Bertz CT molecular complexity index is 321. The molecule has 102 valence electrons. The molecule has 0 aromatic carbocycles. The maximum atomic E-state index is 12.0. The Hall–Kier alpha value is 0.390. The first kappa shape index (κ1) is 15.4. The summed E-state index contributed by atoms with van der Waals surface area (Å²) >= 11 is 3.47. The molecule has 0 spiro atoms. The van der Waals surface area contributed by atoms with E-state index in [-0.39, 0.29) is 11.3 Å². The van der Waals surface area contributed by atoms with Crippen LogP contribution in [0.1, 0.15) is 52.4 Å². The summed E-state index contributed by atoms with van der Waals surface area (Å²) in [4.78, 5) is 0. The van der Waals surface area contributed by atoms with E-state index >= 15 is 0 Å². The molecule has 0 amide bonds. The lowest BCUT2D eigenvalue weighted by molar-refractivity contribution is 0.301. The topological polar surface area (TPSA) is 46.2 Å². The predicted molar refractivity (Wildman–Crippen MR) is 76.0 cm³/mol. The number of halogens is 1. The lowest BCUT2D eigenvalue weighted by Crippen LogP contribution is -2.51. The summed E-state index contributed by atoms with van der Waals surface area (Å²) in [6, 6.07) is 0. The van der Waals surface area contributed by atoms with Gasteiger partial charge < -0.3 is 0 Å². The lowest BCUT2D eigenvalue weighted by Gasteiger charge is -2.36. The fraction of sp³-hybridized carbons (Fsp3) is 1.00. The monoisotopic (exact) mass is 325 g/mol. The van der Waals surface area contributed by atoms with Crippen LogP contribution in [0.4, 0.5) is 0 Å². The second-order valence-corrected chi connectivity index (χ2v) is 7.98. The van der Waals surface area contributed by atoms with Gasteiger partial charge in [0.2, 0.25) is 10.0 Å². The van der Waals surface area contributed by atoms with Crippen LogP contribution in [0.15, 0.2) is 0 Å². The minimum atomic E-state index is -3.13. The first-order valence-electron chi connectivity index (χ1n) is 6.47. The Kier molecular flexibility index (Phi) is 5.93. The van der Waals surface area contributed by atoms with Gasteiger partial charge in [-0.15, -0.1) is 0 Å². The molecular weight excluding hydrogens is 302 g/mol. The van der Waals surface area contributed by atoms with E-state index in [1.165, 1.54) is 6.42 Å². The average Bonchev–Trinajstić information content (AvgIpc) is 2.27. The fourth-order valence-electron chi connectivity index (χ4n) is 2.26. The van der Waals surface area contributed by atoms with Crippen molar-refractivity contribution in [3.8, 4) is 0 Å². The summed E-state index contributed by atoms with van der Waals surface area (Å²) in [6.07, 6.45) is 6.12. The van der Waals surface area contributed by atoms with Gasteiger partial charge in [0.15, 0.2) is 0 Å². The van der Waals surface area contributed by atoms with Gasteiger partial charge in [0.25, 0.3) is 0 Å². The van der Waals surface area contributed by atoms with Crippen LogP contribution in [0.25, 0.3) is 0 Å². The molecule has 1 aliphatic carbocycles. The van der Waals surface area contributed by atoms with Gasteiger partial charge in [0.1, 0.15) is 0 Å². The summed E-state index contributed by atoms with van der Waals surface area (Å²) in [5.41, 5.74) is -0.228. The van der Waals surface area contributed by atoms with E-state index < -0.39 is 10.0 Å². The molecule has 0 saturated heterocycles. The Morgan fingerprint density at radius 2 is 1.82 bits per heavy atom. The van der Waals surface area contributed by atoms with Crippen molar-refractivity contribution in [1.82, 2.24) is 4.72 Å². The third-order valence-corrected chi connectivity index (χ3v) is 5.99. The van der Waals surface area contributed by atoms with Crippen LogP contribution in [0, 0.1) is 5.92 Å². The molecule has 0 unspecified atom stereocenters. The molecule has 0 aliphatic heterocycles. The van der Waals surface area contributed by atoms with Crippen molar-refractivity contribution in [1.29, 1.82) is 0 Å². The summed E-state index contributed by atoms with van der Waals surface area (Å²) in [5, 5.41) is 0.723. The highest BCUT2D eigenvalue weighted by Gasteiger charge is 2.34. The number of rotatable bonds is 6. The van der Waals surface area contributed by atoms with Gasteiger partial charge in [-0.3, -0.25) is 0 Å². The number of sulfonamides is 1. The highest BCUT2D eigenvalue weighted by atomic mass is 79.9. The van der Waals surface area contributed by atoms with Crippen molar-refractivity contribution in [3.05, 3.63) is 0 Å². The lowest BCUT2D eigenvalue weighted by atomic mass is 9.84. The first-order valence-corrected chi connectivity index (χ1v) is 9.24. The Balaban J connectivity index is 2.60. The molecule has 1 N–H and O–H groups in total. The number of hydrogen-bond donors (Lipinski definition) is 1. The molecule has 0 radical (unpaired) electrons. The molecule has 5 heteroatoms. The minimum absolute atomic E-state index is 0.228. The van der Waals surface area contributed by atoms with Crippen LogP contribution < -0.4 is 4.72 Å². The molecule has 1 rings (SSSR count). The predicted octanol–water partition coefficient (Wildman–Crippen LogP) is 3.05. The number of hydrogen-bond acceptors (Lipinski definition) is 2. The molecule has 0 aromatic heterocycles. The van der Waals surface area contributed by atoms with Gasteiger partial charge in [-0.25, -0.2) is 13.1 Å². The van der Waals surface area contributed by atoms with Crippen molar-refractivity contribution in [2.45, 2.75) is 57.9 Å². The highest BCUT2D eigenvalue weighted by molar-refractivity contribution is 9.09. The summed E-state index contributed by atoms with van der Waals surface area (Å²) in [6.45, 7) is 4.10. The zero-order valence-corrected chi connectivity index (χ0v) is 13.2. The van der Waals surface area contributed by atoms with Gasteiger partial charge >= 0.3 is 0 Å². The maximum Gasteiger partial charge on any atom is 0.212 e. The van der Waals surface area contributed by atoms with Gasteiger partial charge in [0.05, 0.1) is 5.75 Å². The highest BCUT2D eigenvalue weighted by Crippen LogP contribution is 2.30. The Labute approximate surface area is 114 Å². The van der Waals surface area contributed by atoms with E-state index in [2.05, 4.69) is 34.5 Å². The Morgan fingerprint density at radius 1 is 1.24 bits per heavy atom. The van der Waals surface area contributed by atoms with E-state index in [0.29, 0.717) is 5.92 Å². The molecule has 0 aromatic rings. The van der Waals surface area contributed by atoms with Gasteiger partial charge in [-0.1, -0.05) is 49.0 Å². The van der Waals surface area contributed by atoms with Crippen molar-refractivity contribution < 1.29 is 8.42 Å². The van der Waals surface area contributed by atoms with Crippen LogP contribution in [0.2, 0.25) is 0 Å². The summed E-state index contributed by atoms with van der Waals surface area (Å²) in [5.74, 6) is 0.678. The van der Waals surface area contributed by atoms with E-state index in [4.69, 9.17) is 0 Å². The molecule has 1 fully saturated rings. The van der Waals surface area contributed by atoms with Gasteiger partial charge in [-0.2, -0.15) is 0 Å². The molecule has 17 heavy (non-hydrogen) atoms. The van der Waals surface area contributed by atoms with Crippen molar-refractivity contribution in [2.24, 2.45) is 5.92 Å². The second kappa shape index (κ2) is 6.53. The van der Waals surface area contributed by atoms with Crippen molar-refractivity contribution >= 4 is 26.0 Å². The van der Waals surface area contributed by atoms with Crippen LogP contribution >= 0.6 is 15.9 Å². The molecular formula is C12H24BrNO2S. The van der Waals surface area contributed by atoms with E-state index in [1.54, 1.807) is 0 Å². The van der Waals surface area contributed by atoms with Crippen molar-refractivity contribution in [2.75, 3.05) is 11.1 Å². The molecule has 0 bridgehead atoms. The third kappa shape index (κ3) is 5.26. The average molecular weight is 326 g/mol. The largest absolute Gasteiger partial charge is 0.212 e. The van der Waals surface area contributed by atoms with Crippen LogP contribution in [0.5, 0.6) is 0 Å². The van der Waals surface area contributed by atoms with E-state index in [9.17, 15) is 8.42 Å². The van der Waals surface area contributed by atoms with Gasteiger partial charge in [-0.05, 0) is 25.2 Å². The van der Waals surface area contributed by atoms with E-state index in [0.717, 1.165) is 37.4 Å². The number of nitrogens with one attached hydrogen (secondary N) is 1. The maximum absolute atomic E-state index is 12.0. The summed E-state index contributed by atoms with van der Waals surface area (Å²) in [7, 11) is -3.13. The normalized spacial score (nSPS) is 20.7. The Morgan fingerprint density at radius 3 is 2.29 bits per heavy atom. The zero-order valence-electron chi connectivity index (χ0n) is 10.8. The van der Waals surface area contributed by atoms with Crippen LogP contribution in [-0.4, -0.2) is 25.0 Å². The third-order valence-electron chi connectivity index (χ3n) is 3.40. The van der Waals surface area contributed by atoms with Gasteiger partial charge in [0, 0.05) is 10.9 Å². The van der Waals surface area contributed by atoms with Crippen LogP contribution in [0.3, 0.4) is 0 Å². The molecule has 3 nitrogen and oxygen atoms in total. The molecule has 0 atom stereocenters. The van der Waals surface area contributed by atoms with Crippen molar-refractivity contribution in [3.63, 3.8) is 0 Å². The zero-order chi connectivity index (χ0) is 12.9. The SMILES string of the molecule is CC(C)CCS(=O)(=O)NC1(CBr)CCCCC1. The minimum Gasteiger partial charge on any atom is -0.212 e. The first-order chi connectivity index (χ1) is 7.89. The molecule has 0 heterocycles.